The molecule has 0 radical (unpaired) electrons. The molecule has 1 atom stereocenters. The van der Waals surface area contributed by atoms with Crippen molar-refractivity contribution in [2.75, 3.05) is 6.61 Å². The molecule has 2 rings (SSSR count). The number of rotatable bonds is 12. The molecule has 0 aliphatic rings. The number of carbonyl (C=O) groups excluding carboxylic acids is 2. The number of nitrogens with two attached hydrogens (primary N) is 1. The van der Waals surface area contributed by atoms with Crippen LogP contribution in [0.5, 0.6) is 11.5 Å². The maximum atomic E-state index is 12.2. The van der Waals surface area contributed by atoms with Crippen molar-refractivity contribution >= 4 is 23.2 Å². The predicted octanol–water partition coefficient (Wildman–Crippen LogP) is 4.52. The van der Waals surface area contributed by atoms with E-state index in [9.17, 15) is 22.8 Å². The number of carbonyl (C=O) groups is 2. The number of ether oxygens (including phenoxy) is 2. The Morgan fingerprint density at radius 2 is 1.84 bits per heavy atom. The number of amides is 2. The SMILES string of the molecule is CCCCCC(C)c1sc(CNC(=O)COc2ccc(OC(F)(F)F)cc2)nc1C(N)=O. The van der Waals surface area contributed by atoms with Crippen LogP contribution in [0.25, 0.3) is 0 Å². The summed E-state index contributed by atoms with van der Waals surface area (Å²) in [6.07, 6.45) is -0.609. The largest absolute Gasteiger partial charge is 0.573 e. The number of nitrogens with zero attached hydrogens (tertiary/aromatic N) is 1. The summed E-state index contributed by atoms with van der Waals surface area (Å²) in [7, 11) is 0. The van der Waals surface area contributed by atoms with Crippen molar-refractivity contribution in [3.05, 3.63) is 39.8 Å². The lowest BCUT2D eigenvalue weighted by Crippen LogP contribution is -2.28. The van der Waals surface area contributed by atoms with Gasteiger partial charge in [0.25, 0.3) is 11.8 Å². The average Bonchev–Trinajstić information content (AvgIpc) is 3.15. The number of benzene rings is 1. The fraction of sp³-hybridized carbons (Fsp3) is 0.476. The van der Waals surface area contributed by atoms with Crippen LogP contribution in [0.4, 0.5) is 13.2 Å². The first-order valence-corrected chi connectivity index (χ1v) is 11.0. The number of aromatic nitrogens is 1. The van der Waals surface area contributed by atoms with Crippen molar-refractivity contribution < 1.29 is 32.2 Å². The molecule has 1 heterocycles. The summed E-state index contributed by atoms with van der Waals surface area (Å²) >= 11 is 1.34. The number of primary amides is 1. The van der Waals surface area contributed by atoms with Gasteiger partial charge in [0.2, 0.25) is 0 Å². The van der Waals surface area contributed by atoms with Gasteiger partial charge in [-0.3, -0.25) is 9.59 Å². The van der Waals surface area contributed by atoms with Crippen LogP contribution >= 0.6 is 11.3 Å². The molecular formula is C21H26F3N3O4S. The molecule has 0 spiro atoms. The first-order valence-electron chi connectivity index (χ1n) is 10.1. The molecule has 3 N–H and O–H groups in total. The van der Waals surface area contributed by atoms with Crippen LogP contribution < -0.4 is 20.5 Å². The standard InChI is InChI=1S/C21H26F3N3O4S/c1-3-4-5-6-13(2)19-18(20(25)29)27-17(32-19)11-26-16(28)12-30-14-7-9-15(10-8-14)31-21(22,23)24/h7-10,13H,3-6,11-12H2,1-2H3,(H2,25,29)(H,26,28). The quantitative estimate of drug-likeness (QED) is 0.441. The van der Waals surface area contributed by atoms with Gasteiger partial charge in [-0.15, -0.1) is 24.5 Å². The summed E-state index contributed by atoms with van der Waals surface area (Å²) in [6.45, 7) is 3.91. The minimum Gasteiger partial charge on any atom is -0.484 e. The van der Waals surface area contributed by atoms with Gasteiger partial charge in [-0.2, -0.15) is 0 Å². The monoisotopic (exact) mass is 473 g/mol. The minimum absolute atomic E-state index is 0.104. The highest BCUT2D eigenvalue weighted by Gasteiger charge is 2.31. The van der Waals surface area contributed by atoms with Gasteiger partial charge in [0.15, 0.2) is 6.61 Å². The van der Waals surface area contributed by atoms with Crippen LogP contribution in [0.15, 0.2) is 24.3 Å². The van der Waals surface area contributed by atoms with Gasteiger partial charge in [-0.25, -0.2) is 4.98 Å². The molecule has 0 aliphatic heterocycles. The van der Waals surface area contributed by atoms with Crippen LogP contribution in [0.2, 0.25) is 0 Å². The van der Waals surface area contributed by atoms with Crippen LogP contribution in [-0.2, 0) is 11.3 Å². The van der Waals surface area contributed by atoms with Crippen LogP contribution in [-0.4, -0.2) is 29.8 Å². The van der Waals surface area contributed by atoms with Gasteiger partial charge in [-0.1, -0.05) is 33.1 Å². The second-order valence-electron chi connectivity index (χ2n) is 7.17. The van der Waals surface area contributed by atoms with E-state index in [0.717, 1.165) is 42.7 Å². The lowest BCUT2D eigenvalue weighted by molar-refractivity contribution is -0.274. The highest BCUT2D eigenvalue weighted by atomic mass is 32.1. The van der Waals surface area contributed by atoms with Gasteiger partial charge < -0.3 is 20.5 Å². The molecule has 2 aromatic rings. The van der Waals surface area contributed by atoms with Gasteiger partial charge in [-0.05, 0) is 36.6 Å². The van der Waals surface area contributed by atoms with Crippen LogP contribution in [0.1, 0.15) is 65.8 Å². The number of hydrogen-bond acceptors (Lipinski definition) is 6. The molecule has 1 aromatic heterocycles. The van der Waals surface area contributed by atoms with Crippen LogP contribution in [0, 0.1) is 0 Å². The molecule has 176 valence electrons. The smallest absolute Gasteiger partial charge is 0.484 e. The minimum atomic E-state index is -4.78. The number of hydrogen-bond donors (Lipinski definition) is 2. The van der Waals surface area contributed by atoms with E-state index in [1.54, 1.807) is 0 Å². The molecule has 32 heavy (non-hydrogen) atoms. The maximum Gasteiger partial charge on any atom is 0.573 e. The van der Waals surface area contributed by atoms with Crippen molar-refractivity contribution in [1.82, 2.24) is 10.3 Å². The highest BCUT2D eigenvalue weighted by molar-refractivity contribution is 7.12. The molecule has 0 saturated carbocycles. The Balaban J connectivity index is 1.87. The lowest BCUT2D eigenvalue weighted by atomic mass is 10.0. The Morgan fingerprint density at radius 3 is 2.44 bits per heavy atom. The van der Waals surface area contributed by atoms with Crippen molar-refractivity contribution in [1.29, 1.82) is 0 Å². The van der Waals surface area contributed by atoms with Gasteiger partial charge in [0.05, 0.1) is 6.54 Å². The normalized spacial score (nSPS) is 12.3. The molecule has 1 unspecified atom stereocenters. The third kappa shape index (κ3) is 8.37. The summed E-state index contributed by atoms with van der Waals surface area (Å²) in [5.41, 5.74) is 5.70. The van der Waals surface area contributed by atoms with Gasteiger partial charge in [0, 0.05) is 4.88 Å². The molecule has 0 fully saturated rings. The molecule has 1 aromatic carbocycles. The summed E-state index contributed by atoms with van der Waals surface area (Å²) in [4.78, 5) is 28.9. The third-order valence-corrected chi connectivity index (χ3v) is 5.77. The Morgan fingerprint density at radius 1 is 1.19 bits per heavy atom. The Kier molecular flexibility index (Phi) is 9.30. The van der Waals surface area contributed by atoms with Crippen molar-refractivity contribution in [3.8, 4) is 11.5 Å². The Hall–Kier alpha value is -2.82. The molecule has 0 aliphatic carbocycles. The van der Waals surface area contributed by atoms with E-state index < -0.39 is 18.2 Å². The van der Waals surface area contributed by atoms with Gasteiger partial charge >= 0.3 is 6.36 Å². The highest BCUT2D eigenvalue weighted by Crippen LogP contribution is 2.30. The second kappa shape index (κ2) is 11.7. The predicted molar refractivity (Wildman–Crippen MR) is 114 cm³/mol. The van der Waals surface area contributed by atoms with Crippen molar-refractivity contribution in [2.24, 2.45) is 5.73 Å². The average molecular weight is 474 g/mol. The van der Waals surface area contributed by atoms with E-state index >= 15 is 0 Å². The lowest BCUT2D eigenvalue weighted by Gasteiger charge is -2.10. The summed E-state index contributed by atoms with van der Waals surface area (Å²) < 4.78 is 45.5. The van der Waals surface area contributed by atoms with Crippen LogP contribution in [0.3, 0.4) is 0 Å². The zero-order chi connectivity index (χ0) is 23.7. The number of nitrogens with one attached hydrogen (secondary N) is 1. The molecule has 7 nitrogen and oxygen atoms in total. The van der Waals surface area contributed by atoms with E-state index in [4.69, 9.17) is 10.5 Å². The summed E-state index contributed by atoms with van der Waals surface area (Å²) in [5.74, 6) is -1.09. The molecule has 0 saturated heterocycles. The van der Waals surface area contributed by atoms with E-state index in [0.29, 0.717) is 5.01 Å². The number of alkyl halides is 3. The number of thiazole rings is 1. The third-order valence-electron chi connectivity index (χ3n) is 4.48. The number of unbranched alkanes of at least 4 members (excludes halogenated alkanes) is 2. The summed E-state index contributed by atoms with van der Waals surface area (Å²) in [6, 6.07) is 4.71. The zero-order valence-electron chi connectivity index (χ0n) is 17.8. The zero-order valence-corrected chi connectivity index (χ0v) is 18.6. The van der Waals surface area contributed by atoms with E-state index in [1.807, 2.05) is 6.92 Å². The Bertz CT molecular complexity index is 901. The van der Waals surface area contributed by atoms with E-state index in [2.05, 4.69) is 22.0 Å². The van der Waals surface area contributed by atoms with Crippen molar-refractivity contribution in [3.63, 3.8) is 0 Å². The molecular weight excluding hydrogens is 447 g/mol. The fourth-order valence-corrected chi connectivity index (χ4v) is 4.00. The first-order chi connectivity index (χ1) is 15.1. The molecule has 2 amide bonds. The molecule has 0 bridgehead atoms. The van der Waals surface area contributed by atoms with E-state index in [-0.39, 0.29) is 36.3 Å². The number of halogens is 3. The fourth-order valence-electron chi connectivity index (χ4n) is 2.91. The first kappa shape index (κ1) is 25.4. The Labute approximate surface area is 188 Å². The maximum absolute atomic E-state index is 12.2. The topological polar surface area (TPSA) is 104 Å². The summed E-state index contributed by atoms with van der Waals surface area (Å²) in [5, 5.41) is 3.19. The second-order valence-corrected chi connectivity index (χ2v) is 8.28. The van der Waals surface area contributed by atoms with Gasteiger partial charge in [0.1, 0.15) is 22.2 Å². The van der Waals surface area contributed by atoms with Crippen molar-refractivity contribution in [2.45, 2.75) is 58.4 Å². The van der Waals surface area contributed by atoms with E-state index in [1.165, 1.54) is 23.5 Å². The molecule has 11 heteroatoms.